The monoisotopic (exact) mass is 527 g/mol. The van der Waals surface area contributed by atoms with Gasteiger partial charge >= 0.3 is 0 Å². The maximum atomic E-state index is 13.7. The number of carbonyl (C=O) groups excluding carboxylic acids is 1. The number of rotatable bonds is 12. The maximum absolute atomic E-state index is 13.7. The largest absolute Gasteiger partial charge is 0.367 e. The summed E-state index contributed by atoms with van der Waals surface area (Å²) >= 11 is 0. The van der Waals surface area contributed by atoms with E-state index in [0.717, 1.165) is 67.7 Å². The first-order valence-corrected chi connectivity index (χ1v) is 14.9. The van der Waals surface area contributed by atoms with Crippen LogP contribution >= 0.6 is 0 Å². The van der Waals surface area contributed by atoms with Crippen molar-refractivity contribution in [1.29, 1.82) is 0 Å². The lowest BCUT2D eigenvalue weighted by Crippen LogP contribution is -2.46. The number of anilines is 1. The first-order valence-electron chi connectivity index (χ1n) is 14.9. The second-order valence-electron chi connectivity index (χ2n) is 11.9. The highest BCUT2D eigenvalue weighted by Crippen LogP contribution is 2.35. The molecule has 208 valence electrons. The van der Waals surface area contributed by atoms with Gasteiger partial charge in [0.1, 0.15) is 5.82 Å². The highest BCUT2D eigenvalue weighted by Gasteiger charge is 2.37. The number of amides is 1. The number of aromatic nitrogens is 3. The summed E-state index contributed by atoms with van der Waals surface area (Å²) in [7, 11) is 6.08. The van der Waals surface area contributed by atoms with E-state index in [1.807, 2.05) is 10.6 Å². The molecule has 1 amide bonds. The topological polar surface area (TPSA) is 71.3 Å². The zero-order chi connectivity index (χ0) is 28.2. The fourth-order valence-electron chi connectivity index (χ4n) is 5.95. The molecule has 4 atom stereocenters. The lowest BCUT2D eigenvalue weighted by molar-refractivity contribution is -0.127. The van der Waals surface area contributed by atoms with Crippen molar-refractivity contribution >= 4 is 25.2 Å². The minimum absolute atomic E-state index is 0.0411. The smallest absolute Gasteiger partial charge is 0.230 e. The summed E-state index contributed by atoms with van der Waals surface area (Å²) in [6, 6.07) is 13.1. The van der Waals surface area contributed by atoms with E-state index in [-0.39, 0.29) is 23.4 Å². The fourth-order valence-corrected chi connectivity index (χ4v) is 5.95. The lowest BCUT2D eigenvalue weighted by atomic mass is 9.70. The van der Waals surface area contributed by atoms with Crippen LogP contribution in [0, 0.1) is 0 Å². The number of benzene rings is 1. The zero-order valence-electron chi connectivity index (χ0n) is 24.8. The SMILES string of the molecule is [B]CC(C)(CC)c1ccc(C(C)(CC)C(=O)N[C@H]2CC[C@H](Nc3cc(C(CC)CC)nc4ccnn34)C2)cc1. The van der Waals surface area contributed by atoms with Gasteiger partial charge in [0.25, 0.3) is 0 Å². The number of carbonyl (C=O) groups is 1. The first-order chi connectivity index (χ1) is 18.7. The van der Waals surface area contributed by atoms with Crippen LogP contribution in [0.1, 0.15) is 109 Å². The van der Waals surface area contributed by atoms with Gasteiger partial charge in [0, 0.05) is 35.8 Å². The Bertz CT molecular complexity index is 1250. The predicted molar refractivity (Wildman–Crippen MR) is 162 cm³/mol. The predicted octanol–water partition coefficient (Wildman–Crippen LogP) is 6.70. The van der Waals surface area contributed by atoms with Crippen LogP contribution in [-0.4, -0.2) is 40.4 Å². The molecule has 0 bridgehead atoms. The zero-order valence-corrected chi connectivity index (χ0v) is 24.8. The highest BCUT2D eigenvalue weighted by atomic mass is 16.2. The Balaban J connectivity index is 1.44. The van der Waals surface area contributed by atoms with Crippen LogP contribution in [0.2, 0.25) is 6.32 Å². The van der Waals surface area contributed by atoms with Crippen molar-refractivity contribution in [3.05, 3.63) is 59.4 Å². The molecule has 4 rings (SSSR count). The van der Waals surface area contributed by atoms with Gasteiger partial charge in [-0.05, 0) is 68.4 Å². The summed E-state index contributed by atoms with van der Waals surface area (Å²) in [4.78, 5) is 18.5. The van der Waals surface area contributed by atoms with Crippen molar-refractivity contribution in [3.8, 4) is 0 Å². The molecule has 39 heavy (non-hydrogen) atoms. The van der Waals surface area contributed by atoms with Gasteiger partial charge in [-0.25, -0.2) is 4.98 Å². The summed E-state index contributed by atoms with van der Waals surface area (Å²) in [6.07, 6.45) is 9.11. The second kappa shape index (κ2) is 12.1. The molecule has 1 aromatic carbocycles. The molecule has 1 saturated carbocycles. The Hall–Kier alpha value is -2.83. The van der Waals surface area contributed by atoms with Gasteiger partial charge < -0.3 is 10.6 Å². The van der Waals surface area contributed by atoms with Crippen molar-refractivity contribution < 1.29 is 4.79 Å². The van der Waals surface area contributed by atoms with E-state index in [4.69, 9.17) is 12.8 Å². The highest BCUT2D eigenvalue weighted by molar-refractivity contribution is 6.09. The molecule has 2 heterocycles. The number of hydrogen-bond acceptors (Lipinski definition) is 4. The van der Waals surface area contributed by atoms with E-state index in [0.29, 0.717) is 12.2 Å². The average Bonchev–Trinajstić information content (AvgIpc) is 3.62. The second-order valence-corrected chi connectivity index (χ2v) is 11.9. The minimum Gasteiger partial charge on any atom is -0.367 e. The van der Waals surface area contributed by atoms with E-state index >= 15 is 0 Å². The molecule has 1 aliphatic carbocycles. The van der Waals surface area contributed by atoms with Crippen LogP contribution < -0.4 is 10.6 Å². The molecule has 2 N–H and O–H groups in total. The molecule has 3 aromatic rings. The molecule has 0 spiro atoms. The molecule has 0 aliphatic heterocycles. The normalized spacial score (nSPS) is 20.6. The number of nitrogens with one attached hydrogen (secondary N) is 2. The molecule has 7 heteroatoms. The van der Waals surface area contributed by atoms with Crippen molar-refractivity contribution in [2.24, 2.45) is 0 Å². The summed E-state index contributed by atoms with van der Waals surface area (Å²) in [5, 5.41) is 11.6. The van der Waals surface area contributed by atoms with Gasteiger partial charge in [-0.2, -0.15) is 9.61 Å². The summed E-state index contributed by atoms with van der Waals surface area (Å²) in [6.45, 7) is 13.0. The number of nitrogens with zero attached hydrogens (tertiary/aromatic N) is 3. The van der Waals surface area contributed by atoms with Gasteiger partial charge in [-0.15, -0.1) is 0 Å². The molecule has 1 aliphatic rings. The van der Waals surface area contributed by atoms with E-state index < -0.39 is 5.41 Å². The molecule has 0 saturated heterocycles. The van der Waals surface area contributed by atoms with Crippen molar-refractivity contribution in [1.82, 2.24) is 19.9 Å². The molecular weight excluding hydrogens is 481 g/mol. The van der Waals surface area contributed by atoms with Crippen molar-refractivity contribution in [2.45, 2.75) is 122 Å². The third kappa shape index (κ3) is 5.88. The Morgan fingerprint density at radius 2 is 1.69 bits per heavy atom. The third-order valence-electron chi connectivity index (χ3n) is 9.56. The minimum atomic E-state index is -0.577. The summed E-state index contributed by atoms with van der Waals surface area (Å²) < 4.78 is 1.89. The molecular formula is C32H46BN5O. The van der Waals surface area contributed by atoms with E-state index in [2.05, 4.69) is 87.6 Å². The molecule has 2 radical (unpaired) electrons. The van der Waals surface area contributed by atoms with Gasteiger partial charge in [0.2, 0.25) is 5.91 Å². The summed E-state index contributed by atoms with van der Waals surface area (Å²) in [5.41, 5.74) is 3.66. The van der Waals surface area contributed by atoms with Crippen LogP contribution in [0.15, 0.2) is 42.6 Å². The molecule has 1 fully saturated rings. The van der Waals surface area contributed by atoms with Crippen LogP contribution in [0.4, 0.5) is 5.82 Å². The number of hydrogen-bond donors (Lipinski definition) is 2. The van der Waals surface area contributed by atoms with Gasteiger partial charge in [-0.1, -0.05) is 65.2 Å². The Kier molecular flexibility index (Phi) is 9.08. The quantitative estimate of drug-likeness (QED) is 0.257. The lowest BCUT2D eigenvalue weighted by Gasteiger charge is -2.31. The molecule has 2 aromatic heterocycles. The van der Waals surface area contributed by atoms with Crippen molar-refractivity contribution in [2.75, 3.05) is 5.32 Å². The van der Waals surface area contributed by atoms with E-state index in [1.165, 1.54) is 5.56 Å². The molecule has 2 unspecified atom stereocenters. The van der Waals surface area contributed by atoms with Crippen LogP contribution in [0.25, 0.3) is 5.65 Å². The Morgan fingerprint density at radius 3 is 2.31 bits per heavy atom. The molecule has 6 nitrogen and oxygen atoms in total. The van der Waals surface area contributed by atoms with Gasteiger partial charge in [0.15, 0.2) is 5.65 Å². The number of fused-ring (bicyclic) bond motifs is 1. The standard InChI is InChI=1S/C32H46BN5O/c1-7-22(8-2)27-20-29(38-28(37-27)17-18-34-38)35-25-15-16-26(19-25)36-30(39)32(6,10-4)24-13-11-23(12-14-24)31(5,9-3)21-33/h11-14,17-18,20,22,25-26,35H,7-10,15-16,19,21H2,1-6H3,(H,36,39)/t25-,26-,31?,32?/m0/s1. The average molecular weight is 528 g/mol. The Labute approximate surface area is 236 Å². The first kappa shape index (κ1) is 29.2. The maximum Gasteiger partial charge on any atom is 0.230 e. The fraction of sp³-hybridized carbons (Fsp3) is 0.594. The van der Waals surface area contributed by atoms with Gasteiger partial charge in [0.05, 0.1) is 19.5 Å². The van der Waals surface area contributed by atoms with E-state index in [1.54, 1.807) is 6.20 Å². The third-order valence-corrected chi connectivity index (χ3v) is 9.56. The van der Waals surface area contributed by atoms with Crippen LogP contribution in [0.3, 0.4) is 0 Å². The van der Waals surface area contributed by atoms with Crippen molar-refractivity contribution in [3.63, 3.8) is 0 Å². The van der Waals surface area contributed by atoms with E-state index in [9.17, 15) is 4.79 Å². The van der Waals surface area contributed by atoms with Crippen LogP contribution in [0.5, 0.6) is 0 Å². The summed E-state index contributed by atoms with van der Waals surface area (Å²) in [5.74, 6) is 1.53. The van der Waals surface area contributed by atoms with Crippen LogP contribution in [-0.2, 0) is 15.6 Å². The Morgan fingerprint density at radius 1 is 1.03 bits per heavy atom. The van der Waals surface area contributed by atoms with Gasteiger partial charge in [-0.3, -0.25) is 4.79 Å².